The number of hydrogen-bond acceptors (Lipinski definition) is 3. The van der Waals surface area contributed by atoms with Crippen molar-refractivity contribution in [3.8, 4) is 78.9 Å². The summed E-state index contributed by atoms with van der Waals surface area (Å²) in [7, 11) is 0. The minimum atomic E-state index is 0.618. The lowest BCUT2D eigenvalue weighted by Crippen LogP contribution is -2.01. The molecule has 13 aromatic rings. The second-order valence-electron chi connectivity index (χ2n) is 17.2. The van der Waals surface area contributed by atoms with Gasteiger partial charge in [-0.15, -0.1) is 0 Å². The number of fused-ring (bicyclic) bond motifs is 6. The minimum absolute atomic E-state index is 0.618. The van der Waals surface area contributed by atoms with Gasteiger partial charge in [0.15, 0.2) is 17.5 Å². The molecule has 10 aromatic carbocycles. The first-order valence-corrected chi connectivity index (χ1v) is 23.0. The number of aromatic nitrogens is 5. The summed E-state index contributed by atoms with van der Waals surface area (Å²) in [5.41, 5.74) is 16.6. The normalized spacial score (nSPS) is 11.5. The van der Waals surface area contributed by atoms with E-state index in [4.69, 9.17) is 15.0 Å². The van der Waals surface area contributed by atoms with Crippen molar-refractivity contribution in [1.82, 2.24) is 24.1 Å². The third-order valence-electron chi connectivity index (χ3n) is 13.2. The molecule has 0 amide bonds. The van der Waals surface area contributed by atoms with Crippen molar-refractivity contribution in [3.63, 3.8) is 0 Å². The van der Waals surface area contributed by atoms with Crippen LogP contribution in [0.3, 0.4) is 0 Å². The van der Waals surface area contributed by atoms with Crippen LogP contribution in [0.15, 0.2) is 249 Å². The average Bonchev–Trinajstić information content (AvgIpc) is 3.94. The molecule has 13 rings (SSSR count). The highest BCUT2D eigenvalue weighted by Crippen LogP contribution is 2.41. The second kappa shape index (κ2) is 16.4. The maximum Gasteiger partial charge on any atom is 0.164 e. The van der Waals surface area contributed by atoms with Crippen LogP contribution in [-0.2, 0) is 0 Å². The van der Waals surface area contributed by atoms with Gasteiger partial charge >= 0.3 is 0 Å². The highest BCUT2D eigenvalue weighted by Gasteiger charge is 2.19. The lowest BCUT2D eigenvalue weighted by atomic mass is 9.95. The first-order chi connectivity index (χ1) is 33.7. The molecule has 3 aromatic heterocycles. The Bertz CT molecular complexity index is 3950. The van der Waals surface area contributed by atoms with Crippen molar-refractivity contribution < 1.29 is 0 Å². The summed E-state index contributed by atoms with van der Waals surface area (Å²) in [6, 6.07) is 88.2. The predicted octanol–water partition coefficient (Wildman–Crippen LogP) is 16.1. The van der Waals surface area contributed by atoms with Crippen LogP contribution >= 0.6 is 0 Å². The lowest BCUT2D eigenvalue weighted by Gasteiger charge is -2.12. The van der Waals surface area contributed by atoms with Crippen molar-refractivity contribution in [1.29, 1.82) is 0 Å². The van der Waals surface area contributed by atoms with E-state index >= 15 is 0 Å². The summed E-state index contributed by atoms with van der Waals surface area (Å²) in [4.78, 5) is 15.4. The molecular formula is C63H41N5. The first kappa shape index (κ1) is 39.2. The number of rotatable bonds is 8. The van der Waals surface area contributed by atoms with Crippen molar-refractivity contribution in [2.24, 2.45) is 0 Å². The fraction of sp³-hybridized carbons (Fsp3) is 0. The molecule has 0 fully saturated rings. The van der Waals surface area contributed by atoms with Crippen molar-refractivity contribution >= 4 is 43.6 Å². The molecule has 0 saturated heterocycles. The molecular weight excluding hydrogens is 827 g/mol. The Hall–Kier alpha value is -9.19. The summed E-state index contributed by atoms with van der Waals surface area (Å²) in [5, 5.41) is 4.90. The van der Waals surface area contributed by atoms with Crippen molar-refractivity contribution in [2.75, 3.05) is 0 Å². The van der Waals surface area contributed by atoms with Crippen molar-refractivity contribution in [2.45, 2.75) is 0 Å². The van der Waals surface area contributed by atoms with Gasteiger partial charge in [-0.25, -0.2) is 15.0 Å². The van der Waals surface area contributed by atoms with Gasteiger partial charge in [-0.05, 0) is 94.0 Å². The Kier molecular flexibility index (Phi) is 9.43. The van der Waals surface area contributed by atoms with E-state index in [1.54, 1.807) is 0 Å². The average molecular weight is 868 g/mol. The third kappa shape index (κ3) is 6.76. The molecule has 0 spiro atoms. The van der Waals surface area contributed by atoms with Gasteiger partial charge in [0.05, 0.1) is 22.1 Å². The monoisotopic (exact) mass is 867 g/mol. The van der Waals surface area contributed by atoms with Crippen LogP contribution < -0.4 is 0 Å². The highest BCUT2D eigenvalue weighted by atomic mass is 15.0. The van der Waals surface area contributed by atoms with Crippen LogP contribution in [0.2, 0.25) is 0 Å². The molecule has 318 valence electrons. The Morgan fingerprint density at radius 2 is 0.662 bits per heavy atom. The molecule has 0 aliphatic rings. The smallest absolute Gasteiger partial charge is 0.164 e. The van der Waals surface area contributed by atoms with Crippen LogP contribution in [-0.4, -0.2) is 24.1 Å². The van der Waals surface area contributed by atoms with E-state index in [1.807, 2.05) is 18.2 Å². The number of benzene rings is 10. The zero-order valence-electron chi connectivity index (χ0n) is 36.9. The van der Waals surface area contributed by atoms with Gasteiger partial charge in [0.1, 0.15) is 0 Å². The summed E-state index contributed by atoms with van der Waals surface area (Å²) in [6.07, 6.45) is 0. The lowest BCUT2D eigenvalue weighted by molar-refractivity contribution is 1.07. The third-order valence-corrected chi connectivity index (χ3v) is 13.2. The molecule has 0 atom stereocenters. The fourth-order valence-corrected chi connectivity index (χ4v) is 9.99. The van der Waals surface area contributed by atoms with Crippen LogP contribution in [0.4, 0.5) is 0 Å². The SMILES string of the molecule is c1ccc(-c2ccc3c(c2)c2c(-c4cccc(-c5ccc(-c6nc(-c7ccccc7)nc(-c7cccc(-n8c9ccccc9c9ccccc98)c7)n6)cc5)c4)cccc2n3-c2ccccc2)cc1. The molecule has 0 unspecified atom stereocenters. The van der Waals surface area contributed by atoms with E-state index in [-0.39, 0.29) is 0 Å². The van der Waals surface area contributed by atoms with E-state index in [1.165, 1.54) is 49.3 Å². The van der Waals surface area contributed by atoms with E-state index < -0.39 is 0 Å². The van der Waals surface area contributed by atoms with Gasteiger partial charge in [0.2, 0.25) is 0 Å². The van der Waals surface area contributed by atoms with E-state index in [2.05, 4.69) is 240 Å². The molecule has 3 heterocycles. The Morgan fingerprint density at radius 1 is 0.235 bits per heavy atom. The summed E-state index contributed by atoms with van der Waals surface area (Å²) in [5.74, 6) is 1.86. The molecule has 0 saturated carbocycles. The molecule has 0 aliphatic carbocycles. The van der Waals surface area contributed by atoms with E-state index in [0.717, 1.165) is 55.8 Å². The van der Waals surface area contributed by atoms with Crippen LogP contribution in [0.25, 0.3) is 123 Å². The van der Waals surface area contributed by atoms with Gasteiger partial charge in [-0.3, -0.25) is 0 Å². The fourth-order valence-electron chi connectivity index (χ4n) is 9.99. The Morgan fingerprint density at radius 3 is 1.37 bits per heavy atom. The van der Waals surface area contributed by atoms with Gasteiger partial charge in [-0.1, -0.05) is 188 Å². The molecule has 0 bridgehead atoms. The zero-order valence-corrected chi connectivity index (χ0v) is 36.9. The highest BCUT2D eigenvalue weighted by molar-refractivity contribution is 6.17. The number of nitrogens with zero attached hydrogens (tertiary/aromatic N) is 5. The van der Waals surface area contributed by atoms with Crippen LogP contribution in [0.1, 0.15) is 0 Å². The minimum Gasteiger partial charge on any atom is -0.309 e. The molecule has 0 radical (unpaired) electrons. The maximum absolute atomic E-state index is 5.17. The van der Waals surface area contributed by atoms with E-state index in [0.29, 0.717) is 17.5 Å². The zero-order chi connectivity index (χ0) is 45.0. The van der Waals surface area contributed by atoms with Crippen molar-refractivity contribution in [3.05, 3.63) is 249 Å². The Balaban J connectivity index is 0.893. The number of para-hydroxylation sites is 3. The summed E-state index contributed by atoms with van der Waals surface area (Å²) in [6.45, 7) is 0. The maximum atomic E-state index is 5.17. The Labute approximate surface area is 393 Å². The van der Waals surface area contributed by atoms with Crippen LogP contribution in [0.5, 0.6) is 0 Å². The van der Waals surface area contributed by atoms with Gasteiger partial charge < -0.3 is 9.13 Å². The van der Waals surface area contributed by atoms with Gasteiger partial charge in [0, 0.05) is 49.6 Å². The first-order valence-electron chi connectivity index (χ1n) is 23.0. The quantitative estimate of drug-likeness (QED) is 0.153. The molecule has 68 heavy (non-hydrogen) atoms. The van der Waals surface area contributed by atoms with Gasteiger partial charge in [0.25, 0.3) is 0 Å². The molecule has 5 heteroatoms. The summed E-state index contributed by atoms with van der Waals surface area (Å²) < 4.78 is 4.72. The van der Waals surface area contributed by atoms with Crippen LogP contribution in [0, 0.1) is 0 Å². The molecule has 5 nitrogen and oxygen atoms in total. The predicted molar refractivity (Wildman–Crippen MR) is 281 cm³/mol. The van der Waals surface area contributed by atoms with Gasteiger partial charge in [-0.2, -0.15) is 0 Å². The molecule has 0 N–H and O–H groups in total. The topological polar surface area (TPSA) is 48.5 Å². The largest absolute Gasteiger partial charge is 0.309 e. The van der Waals surface area contributed by atoms with E-state index in [9.17, 15) is 0 Å². The second-order valence-corrected chi connectivity index (χ2v) is 17.2. The number of hydrogen-bond donors (Lipinski definition) is 0. The standard InChI is InChI=1S/C63H41N5/c1-4-17-42(18-5-1)47-37-38-58-55(41-47)60-52(29-16-32-59(60)67(58)50-24-8-3-9-25-50)48-22-14-21-46(39-48)43-33-35-45(36-34-43)62-64-61(44-19-6-2-7-20-44)65-63(66-62)49-23-15-26-51(40-49)68-56-30-12-10-27-53(56)54-28-11-13-31-57(54)68/h1-41H. The molecule has 0 aliphatic heterocycles. The summed E-state index contributed by atoms with van der Waals surface area (Å²) >= 11 is 0.